The van der Waals surface area contributed by atoms with E-state index in [2.05, 4.69) is 38.2 Å². The zero-order valence-corrected chi connectivity index (χ0v) is 11.1. The average molecular weight is 236 g/mol. The Morgan fingerprint density at radius 3 is 2.76 bits per heavy atom. The molecule has 0 saturated heterocycles. The van der Waals surface area contributed by atoms with Crippen LogP contribution < -0.4 is 15.8 Å². The van der Waals surface area contributed by atoms with Crippen LogP contribution in [0.5, 0.6) is 5.75 Å². The van der Waals surface area contributed by atoms with Crippen LogP contribution in [0.15, 0.2) is 18.2 Å². The highest BCUT2D eigenvalue weighted by molar-refractivity contribution is 5.58. The maximum atomic E-state index is 5.91. The highest BCUT2D eigenvalue weighted by Crippen LogP contribution is 2.25. The molecule has 1 unspecified atom stereocenters. The number of hydrogen-bond donors (Lipinski definition) is 2. The third-order valence-electron chi connectivity index (χ3n) is 2.68. The van der Waals surface area contributed by atoms with Crippen LogP contribution in [-0.2, 0) is 0 Å². The third-order valence-corrected chi connectivity index (χ3v) is 2.68. The van der Waals surface area contributed by atoms with E-state index in [4.69, 9.17) is 10.5 Å². The highest BCUT2D eigenvalue weighted by Gasteiger charge is 2.05. The Hall–Kier alpha value is -1.22. The second-order valence-corrected chi connectivity index (χ2v) is 4.40. The standard InChI is InChI=1S/C14H24N2O/c1-4-8-17-14-7-6-11(3)9-13(14)16-10-12(15)5-2/h6-7,9,12,16H,4-5,8,10,15H2,1-3H3. The van der Waals surface area contributed by atoms with Crippen molar-refractivity contribution in [2.45, 2.75) is 39.7 Å². The molecule has 0 radical (unpaired) electrons. The van der Waals surface area contributed by atoms with Crippen LogP contribution in [0.4, 0.5) is 5.69 Å². The number of nitrogens with one attached hydrogen (secondary N) is 1. The van der Waals surface area contributed by atoms with Gasteiger partial charge in [0.2, 0.25) is 0 Å². The van der Waals surface area contributed by atoms with Crippen molar-refractivity contribution in [2.24, 2.45) is 5.73 Å². The lowest BCUT2D eigenvalue weighted by Crippen LogP contribution is -2.28. The van der Waals surface area contributed by atoms with Crippen LogP contribution in [0, 0.1) is 6.92 Å². The zero-order valence-electron chi connectivity index (χ0n) is 11.1. The van der Waals surface area contributed by atoms with Crippen molar-refractivity contribution in [1.82, 2.24) is 0 Å². The summed E-state index contributed by atoms with van der Waals surface area (Å²) in [5, 5.41) is 3.36. The van der Waals surface area contributed by atoms with Crippen molar-refractivity contribution < 1.29 is 4.74 Å². The molecule has 0 spiro atoms. The summed E-state index contributed by atoms with van der Waals surface area (Å²) in [6, 6.07) is 6.38. The van der Waals surface area contributed by atoms with Crippen molar-refractivity contribution in [3.63, 3.8) is 0 Å². The Labute approximate surface area is 104 Å². The van der Waals surface area contributed by atoms with E-state index in [1.165, 1.54) is 5.56 Å². The van der Waals surface area contributed by atoms with Gasteiger partial charge in [0.15, 0.2) is 0 Å². The molecule has 3 heteroatoms. The van der Waals surface area contributed by atoms with E-state index in [9.17, 15) is 0 Å². The van der Waals surface area contributed by atoms with Gasteiger partial charge in [-0.1, -0.05) is 19.9 Å². The van der Waals surface area contributed by atoms with E-state index >= 15 is 0 Å². The summed E-state index contributed by atoms with van der Waals surface area (Å²) in [5.74, 6) is 0.917. The average Bonchev–Trinajstić information content (AvgIpc) is 2.34. The lowest BCUT2D eigenvalue weighted by molar-refractivity contribution is 0.318. The van der Waals surface area contributed by atoms with Crippen LogP contribution in [0.25, 0.3) is 0 Å². The van der Waals surface area contributed by atoms with Crippen LogP contribution in [0.2, 0.25) is 0 Å². The normalized spacial score (nSPS) is 12.2. The molecule has 1 aromatic rings. The molecule has 96 valence electrons. The number of hydrogen-bond acceptors (Lipinski definition) is 3. The first-order chi connectivity index (χ1) is 8.17. The van der Waals surface area contributed by atoms with E-state index in [0.29, 0.717) is 0 Å². The largest absolute Gasteiger partial charge is 0.491 e. The van der Waals surface area contributed by atoms with Crippen molar-refractivity contribution in [1.29, 1.82) is 0 Å². The molecule has 1 aromatic carbocycles. The number of aryl methyl sites for hydroxylation is 1. The Balaban J connectivity index is 2.69. The molecule has 17 heavy (non-hydrogen) atoms. The maximum Gasteiger partial charge on any atom is 0.142 e. The first-order valence-electron chi connectivity index (χ1n) is 6.40. The quantitative estimate of drug-likeness (QED) is 0.765. The fourth-order valence-electron chi connectivity index (χ4n) is 1.51. The first-order valence-corrected chi connectivity index (χ1v) is 6.40. The number of benzene rings is 1. The molecule has 0 aromatic heterocycles. The summed E-state index contributed by atoms with van der Waals surface area (Å²) in [6.07, 6.45) is 1.99. The van der Waals surface area contributed by atoms with Gasteiger partial charge in [0.1, 0.15) is 5.75 Å². The van der Waals surface area contributed by atoms with Crippen LogP contribution in [0.3, 0.4) is 0 Å². The second kappa shape index (κ2) is 7.17. The molecular formula is C14H24N2O. The SMILES string of the molecule is CCCOc1ccc(C)cc1NCC(N)CC. The predicted molar refractivity (Wildman–Crippen MR) is 73.7 cm³/mol. The Morgan fingerprint density at radius 1 is 1.35 bits per heavy atom. The lowest BCUT2D eigenvalue weighted by atomic mass is 10.2. The van der Waals surface area contributed by atoms with E-state index in [1.807, 2.05) is 6.07 Å². The Morgan fingerprint density at radius 2 is 2.12 bits per heavy atom. The number of anilines is 1. The molecule has 0 aliphatic rings. The van der Waals surface area contributed by atoms with Gasteiger partial charge in [-0.15, -0.1) is 0 Å². The summed E-state index contributed by atoms with van der Waals surface area (Å²) in [4.78, 5) is 0. The topological polar surface area (TPSA) is 47.3 Å². The van der Waals surface area contributed by atoms with E-state index in [1.54, 1.807) is 0 Å². The van der Waals surface area contributed by atoms with E-state index < -0.39 is 0 Å². The Kier molecular flexibility index (Phi) is 5.84. The van der Waals surface area contributed by atoms with Gasteiger partial charge in [-0.3, -0.25) is 0 Å². The molecule has 0 saturated carbocycles. The number of ether oxygens (including phenoxy) is 1. The van der Waals surface area contributed by atoms with E-state index in [0.717, 1.165) is 37.4 Å². The van der Waals surface area contributed by atoms with Gasteiger partial charge < -0.3 is 15.8 Å². The molecule has 1 rings (SSSR count). The van der Waals surface area contributed by atoms with Crippen LogP contribution in [-0.4, -0.2) is 19.2 Å². The molecule has 0 aliphatic heterocycles. The molecule has 3 N–H and O–H groups in total. The maximum absolute atomic E-state index is 5.91. The Bertz CT molecular complexity index is 339. The van der Waals surface area contributed by atoms with Gasteiger partial charge in [0, 0.05) is 12.6 Å². The summed E-state index contributed by atoms with van der Waals surface area (Å²) in [6.45, 7) is 7.81. The third kappa shape index (κ3) is 4.65. The predicted octanol–water partition coefficient (Wildman–Crippen LogP) is 2.93. The van der Waals surface area contributed by atoms with Gasteiger partial charge in [-0.2, -0.15) is 0 Å². The molecule has 0 bridgehead atoms. The fraction of sp³-hybridized carbons (Fsp3) is 0.571. The van der Waals surface area contributed by atoms with Crippen molar-refractivity contribution in [2.75, 3.05) is 18.5 Å². The van der Waals surface area contributed by atoms with Gasteiger partial charge in [0.25, 0.3) is 0 Å². The summed E-state index contributed by atoms with van der Waals surface area (Å²) < 4.78 is 5.70. The minimum Gasteiger partial charge on any atom is -0.491 e. The summed E-state index contributed by atoms with van der Waals surface area (Å²) in [7, 11) is 0. The second-order valence-electron chi connectivity index (χ2n) is 4.40. The monoisotopic (exact) mass is 236 g/mol. The van der Waals surface area contributed by atoms with E-state index in [-0.39, 0.29) is 6.04 Å². The highest BCUT2D eigenvalue weighted by atomic mass is 16.5. The summed E-state index contributed by atoms with van der Waals surface area (Å²) in [5.41, 5.74) is 8.17. The molecular weight excluding hydrogens is 212 g/mol. The van der Waals surface area contributed by atoms with Crippen LogP contribution in [0.1, 0.15) is 32.3 Å². The molecule has 0 aliphatic carbocycles. The summed E-state index contributed by atoms with van der Waals surface area (Å²) >= 11 is 0. The van der Waals surface area contributed by atoms with Crippen molar-refractivity contribution in [3.05, 3.63) is 23.8 Å². The molecule has 1 atom stereocenters. The molecule has 0 heterocycles. The minimum absolute atomic E-state index is 0.189. The number of nitrogens with two attached hydrogens (primary N) is 1. The van der Waals surface area contributed by atoms with Gasteiger partial charge in [-0.25, -0.2) is 0 Å². The number of rotatable bonds is 7. The van der Waals surface area contributed by atoms with Gasteiger partial charge >= 0.3 is 0 Å². The molecule has 0 amide bonds. The van der Waals surface area contributed by atoms with Crippen molar-refractivity contribution in [3.8, 4) is 5.75 Å². The van der Waals surface area contributed by atoms with Gasteiger partial charge in [0.05, 0.1) is 12.3 Å². The molecule has 3 nitrogen and oxygen atoms in total. The zero-order chi connectivity index (χ0) is 12.7. The fourth-order valence-corrected chi connectivity index (χ4v) is 1.51. The van der Waals surface area contributed by atoms with Gasteiger partial charge in [-0.05, 0) is 37.5 Å². The first kappa shape index (κ1) is 13.8. The van der Waals surface area contributed by atoms with Crippen molar-refractivity contribution >= 4 is 5.69 Å². The minimum atomic E-state index is 0.189. The lowest BCUT2D eigenvalue weighted by Gasteiger charge is -2.16. The molecule has 0 fully saturated rings. The smallest absolute Gasteiger partial charge is 0.142 e. The van der Waals surface area contributed by atoms with Crippen LogP contribution >= 0.6 is 0 Å².